The number of piperidine rings is 1. The van der Waals surface area contributed by atoms with E-state index >= 15 is 0 Å². The number of nitrogens with zero attached hydrogens (tertiary/aromatic N) is 2. The summed E-state index contributed by atoms with van der Waals surface area (Å²) in [5.74, 6) is 0.668. The first-order valence-electron chi connectivity index (χ1n) is 8.35. The number of carbonyl (C=O) groups excluding carboxylic acids is 1. The van der Waals surface area contributed by atoms with Gasteiger partial charge < -0.3 is 10.2 Å². The molecule has 21 heavy (non-hydrogen) atoms. The predicted molar refractivity (Wildman–Crippen MR) is 90.3 cm³/mol. The lowest BCUT2D eigenvalue weighted by Crippen LogP contribution is -2.59. The first kappa shape index (κ1) is 17.1. The Morgan fingerprint density at radius 2 is 1.81 bits per heavy atom. The predicted octanol–water partition coefficient (Wildman–Crippen LogP) is 2.36. The third-order valence-corrected chi connectivity index (χ3v) is 5.54. The van der Waals surface area contributed by atoms with Crippen LogP contribution in [0.25, 0.3) is 0 Å². The smallest absolute Gasteiger partial charge is 0.220 e. The van der Waals surface area contributed by atoms with E-state index in [2.05, 4.69) is 34.6 Å². The minimum absolute atomic E-state index is 0.00252. The zero-order chi connectivity index (χ0) is 15.3. The summed E-state index contributed by atoms with van der Waals surface area (Å²) in [5, 5.41) is 3.42. The average Bonchev–Trinajstić information content (AvgIpc) is 2.91. The third-order valence-electron chi connectivity index (χ3n) is 4.66. The van der Waals surface area contributed by atoms with E-state index in [0.717, 1.165) is 32.5 Å². The molecule has 1 amide bonds. The second-order valence-corrected chi connectivity index (χ2v) is 7.90. The largest absolute Gasteiger partial charge is 0.349 e. The number of nitrogens with one attached hydrogen (secondary N) is 1. The second kappa shape index (κ2) is 7.84. The van der Waals surface area contributed by atoms with Crippen LogP contribution in [0.1, 0.15) is 46.0 Å². The van der Waals surface area contributed by atoms with Crippen LogP contribution in [-0.4, -0.2) is 59.6 Å². The van der Waals surface area contributed by atoms with Gasteiger partial charge in [0, 0.05) is 26.1 Å². The van der Waals surface area contributed by atoms with Crippen molar-refractivity contribution in [3.8, 4) is 0 Å². The fourth-order valence-corrected chi connectivity index (χ4v) is 4.05. The Morgan fingerprint density at radius 1 is 1.19 bits per heavy atom. The van der Waals surface area contributed by atoms with Crippen LogP contribution in [0, 0.1) is 5.92 Å². The van der Waals surface area contributed by atoms with Crippen LogP contribution in [0.3, 0.4) is 0 Å². The standard InChI is InChI=1S/C16H31N3OS/c1-14(2)12-15(20)17-16(13-18-8-4-5-9-18)6-10-19(21-3)11-7-16/h14H,4-13H2,1-3H3,(H,17,20). The maximum absolute atomic E-state index is 12.3. The number of hydrogen-bond donors (Lipinski definition) is 1. The van der Waals surface area contributed by atoms with Crippen LogP contribution in [0.5, 0.6) is 0 Å². The van der Waals surface area contributed by atoms with E-state index in [9.17, 15) is 4.79 Å². The van der Waals surface area contributed by atoms with Crippen molar-refractivity contribution < 1.29 is 4.79 Å². The Balaban J connectivity index is 1.97. The number of likely N-dealkylation sites (tertiary alicyclic amines) is 1. The topological polar surface area (TPSA) is 35.6 Å². The van der Waals surface area contributed by atoms with E-state index in [1.807, 2.05) is 11.9 Å². The molecule has 0 aromatic heterocycles. The van der Waals surface area contributed by atoms with Gasteiger partial charge in [0.15, 0.2) is 0 Å². The lowest BCUT2D eigenvalue weighted by molar-refractivity contribution is -0.124. The summed E-state index contributed by atoms with van der Waals surface area (Å²) in [7, 11) is 0. The van der Waals surface area contributed by atoms with Crippen LogP contribution in [0.15, 0.2) is 0 Å². The van der Waals surface area contributed by atoms with Crippen LogP contribution >= 0.6 is 11.9 Å². The van der Waals surface area contributed by atoms with Gasteiger partial charge in [0.2, 0.25) is 5.91 Å². The fraction of sp³-hybridized carbons (Fsp3) is 0.938. The summed E-state index contributed by atoms with van der Waals surface area (Å²) in [6.07, 6.45) is 7.57. The monoisotopic (exact) mass is 313 g/mol. The van der Waals surface area contributed by atoms with Crippen molar-refractivity contribution >= 4 is 17.9 Å². The minimum Gasteiger partial charge on any atom is -0.349 e. The molecule has 0 aromatic carbocycles. The molecular formula is C16H31N3OS. The molecule has 122 valence electrons. The zero-order valence-electron chi connectivity index (χ0n) is 13.9. The van der Waals surface area contributed by atoms with Gasteiger partial charge in [-0.1, -0.05) is 25.8 Å². The maximum atomic E-state index is 12.3. The molecule has 2 heterocycles. The van der Waals surface area contributed by atoms with Crippen molar-refractivity contribution in [1.29, 1.82) is 0 Å². The molecule has 0 bridgehead atoms. The van der Waals surface area contributed by atoms with Gasteiger partial charge in [-0.15, -0.1) is 0 Å². The molecule has 2 saturated heterocycles. The van der Waals surface area contributed by atoms with Crippen molar-refractivity contribution in [1.82, 2.24) is 14.5 Å². The molecule has 2 rings (SSSR count). The number of amides is 1. The third kappa shape index (κ3) is 5.15. The van der Waals surface area contributed by atoms with Crippen LogP contribution in [0.4, 0.5) is 0 Å². The van der Waals surface area contributed by atoms with E-state index in [0.29, 0.717) is 12.3 Å². The summed E-state index contributed by atoms with van der Waals surface area (Å²) in [4.78, 5) is 14.8. The lowest BCUT2D eigenvalue weighted by atomic mass is 9.87. The molecule has 1 N–H and O–H groups in total. The molecule has 0 aromatic rings. The molecule has 0 spiro atoms. The molecule has 2 aliphatic heterocycles. The molecule has 0 saturated carbocycles. The molecule has 2 fully saturated rings. The Morgan fingerprint density at radius 3 is 2.33 bits per heavy atom. The van der Waals surface area contributed by atoms with Gasteiger partial charge in [0.05, 0.1) is 5.54 Å². The van der Waals surface area contributed by atoms with Gasteiger partial charge in [0.25, 0.3) is 0 Å². The van der Waals surface area contributed by atoms with Crippen molar-refractivity contribution in [2.75, 3.05) is 39.0 Å². The first-order chi connectivity index (χ1) is 10.0. The zero-order valence-corrected chi connectivity index (χ0v) is 14.7. The summed E-state index contributed by atoms with van der Waals surface area (Å²) in [5.41, 5.74) is 0.00252. The van der Waals surface area contributed by atoms with E-state index in [-0.39, 0.29) is 11.4 Å². The van der Waals surface area contributed by atoms with E-state index in [1.165, 1.54) is 25.9 Å². The van der Waals surface area contributed by atoms with E-state index in [4.69, 9.17) is 0 Å². The van der Waals surface area contributed by atoms with Crippen LogP contribution < -0.4 is 5.32 Å². The van der Waals surface area contributed by atoms with E-state index in [1.54, 1.807) is 0 Å². The quantitative estimate of drug-likeness (QED) is 0.764. The highest BCUT2D eigenvalue weighted by molar-refractivity contribution is 7.96. The number of carbonyl (C=O) groups is 1. The maximum Gasteiger partial charge on any atom is 0.220 e. The van der Waals surface area contributed by atoms with Crippen LogP contribution in [0.2, 0.25) is 0 Å². The highest BCUT2D eigenvalue weighted by Gasteiger charge is 2.37. The van der Waals surface area contributed by atoms with Gasteiger partial charge in [0.1, 0.15) is 0 Å². The minimum atomic E-state index is 0.00252. The Hall–Kier alpha value is -0.260. The van der Waals surface area contributed by atoms with Gasteiger partial charge in [-0.2, -0.15) is 0 Å². The van der Waals surface area contributed by atoms with Crippen molar-refractivity contribution in [2.45, 2.75) is 51.5 Å². The molecule has 4 nitrogen and oxygen atoms in total. The molecule has 0 unspecified atom stereocenters. The van der Waals surface area contributed by atoms with E-state index < -0.39 is 0 Å². The average molecular weight is 314 g/mol. The summed E-state index contributed by atoms with van der Waals surface area (Å²) in [6.45, 7) is 9.83. The van der Waals surface area contributed by atoms with Gasteiger partial charge >= 0.3 is 0 Å². The molecule has 5 heteroatoms. The van der Waals surface area contributed by atoms with Crippen LogP contribution in [-0.2, 0) is 4.79 Å². The fourth-order valence-electron chi connectivity index (χ4n) is 3.51. The Bertz CT molecular complexity index is 334. The molecular weight excluding hydrogens is 282 g/mol. The highest BCUT2D eigenvalue weighted by Crippen LogP contribution is 2.28. The highest BCUT2D eigenvalue weighted by atomic mass is 32.2. The first-order valence-corrected chi connectivity index (χ1v) is 9.53. The molecule has 0 atom stereocenters. The SMILES string of the molecule is CSN1CCC(CN2CCCC2)(NC(=O)CC(C)C)CC1. The van der Waals surface area contributed by atoms with Crippen molar-refractivity contribution in [3.63, 3.8) is 0 Å². The number of rotatable bonds is 6. The van der Waals surface area contributed by atoms with Gasteiger partial charge in [-0.3, -0.25) is 9.10 Å². The van der Waals surface area contributed by atoms with Gasteiger partial charge in [-0.25, -0.2) is 0 Å². The lowest BCUT2D eigenvalue weighted by Gasteiger charge is -2.43. The summed E-state index contributed by atoms with van der Waals surface area (Å²) in [6, 6.07) is 0. The van der Waals surface area contributed by atoms with Crippen molar-refractivity contribution in [3.05, 3.63) is 0 Å². The van der Waals surface area contributed by atoms with Crippen molar-refractivity contribution in [2.24, 2.45) is 5.92 Å². The second-order valence-electron chi connectivity index (χ2n) is 7.02. The summed E-state index contributed by atoms with van der Waals surface area (Å²) < 4.78 is 2.41. The molecule has 0 radical (unpaired) electrons. The number of hydrogen-bond acceptors (Lipinski definition) is 4. The summed E-state index contributed by atoms with van der Waals surface area (Å²) >= 11 is 1.83. The Kier molecular flexibility index (Phi) is 6.38. The van der Waals surface area contributed by atoms with Gasteiger partial charge in [-0.05, 0) is 50.9 Å². The molecule has 2 aliphatic rings. The Labute approximate surface area is 134 Å². The normalized spacial score (nSPS) is 23.6. The molecule has 0 aliphatic carbocycles.